The number of carbonyl (C=O) groups is 1. The number of hydrogen-bond donors (Lipinski definition) is 1. The zero-order valence-corrected chi connectivity index (χ0v) is 39.3. The summed E-state index contributed by atoms with van der Waals surface area (Å²) >= 11 is 0. The topological polar surface area (TPSA) is 101 Å². The number of amides is 1. The fourth-order valence-corrected chi connectivity index (χ4v) is 10.8. The van der Waals surface area contributed by atoms with Crippen LogP contribution in [0.3, 0.4) is 0 Å². The monoisotopic (exact) mass is 883 g/mol. The van der Waals surface area contributed by atoms with E-state index in [2.05, 4.69) is 50.6 Å². The van der Waals surface area contributed by atoms with Crippen molar-refractivity contribution in [3.05, 3.63) is 64.6 Å². The van der Waals surface area contributed by atoms with Crippen molar-refractivity contribution in [1.29, 1.82) is 0 Å². The van der Waals surface area contributed by atoms with Gasteiger partial charge in [0, 0.05) is 125 Å². The molecular weight excluding hydrogens is 816 g/mol. The number of pyridine rings is 1. The highest BCUT2D eigenvalue weighted by Crippen LogP contribution is 2.47. The van der Waals surface area contributed by atoms with Crippen molar-refractivity contribution >= 4 is 39.6 Å². The number of aryl methyl sites for hydroxylation is 3. The van der Waals surface area contributed by atoms with Crippen LogP contribution < -0.4 is 19.4 Å². The zero-order valence-electron chi connectivity index (χ0n) is 39.3. The van der Waals surface area contributed by atoms with Gasteiger partial charge in [0.25, 0.3) is 0 Å². The predicted octanol–water partition coefficient (Wildman–Crippen LogP) is 8.97. The van der Waals surface area contributed by atoms with E-state index in [4.69, 9.17) is 26.1 Å². The molecule has 3 saturated heterocycles. The van der Waals surface area contributed by atoms with Gasteiger partial charge >= 0.3 is 6.01 Å². The summed E-state index contributed by atoms with van der Waals surface area (Å²) in [5.41, 5.74) is 7.89. The van der Waals surface area contributed by atoms with Gasteiger partial charge < -0.3 is 34.3 Å². The molecule has 0 bridgehead atoms. The Morgan fingerprint density at radius 3 is 2.37 bits per heavy atom. The van der Waals surface area contributed by atoms with Crippen LogP contribution in [0.1, 0.15) is 93.9 Å². The quantitative estimate of drug-likeness (QED) is 0.139. The Bertz CT molecular complexity index is 2490. The van der Waals surface area contributed by atoms with E-state index in [9.17, 15) is 9.90 Å². The number of aromatic nitrogens is 3. The molecule has 344 valence electrons. The standard InChI is InChI=1S/C53H67FN8O3/c1-7-42-45(54)15-13-39-28-41(63)30-43(47(39)42)48-37(5)49-44(31-55-48)50(62-20-10-8-9-11-21-62)57-52(56-49)65-34-53(18-19-53)33-60-26-24-59(25-27-60)32-38-16-22-61(23-17-38)40-14-12-36(4)46(29-40)58(6)51(64)35(2)3/h1,12,14,28-31,35,38,63H,8-11,13,15-27,32-34H2,2-6H3. The number of fused-ring (bicyclic) bond motifs is 2. The minimum Gasteiger partial charge on any atom is -0.508 e. The highest BCUT2D eigenvalue weighted by molar-refractivity contribution is 5.98. The van der Waals surface area contributed by atoms with Gasteiger partial charge in [0.05, 0.1) is 28.8 Å². The van der Waals surface area contributed by atoms with E-state index in [0.717, 1.165) is 130 Å². The van der Waals surface area contributed by atoms with Crippen molar-refractivity contribution in [2.75, 3.05) is 93.8 Å². The van der Waals surface area contributed by atoms with Gasteiger partial charge in [0.15, 0.2) is 0 Å². The summed E-state index contributed by atoms with van der Waals surface area (Å²) in [7, 11) is 1.90. The summed E-state index contributed by atoms with van der Waals surface area (Å²) in [6.07, 6.45) is 17.6. The Hall–Kier alpha value is -5.25. The molecular formula is C53H67FN8O3. The predicted molar refractivity (Wildman–Crippen MR) is 259 cm³/mol. The number of piperazine rings is 1. The smallest absolute Gasteiger partial charge is 0.318 e. The number of allylic oxidation sites excluding steroid dienone is 2. The Labute approximate surface area is 385 Å². The summed E-state index contributed by atoms with van der Waals surface area (Å²) in [6.45, 7) is 18.9. The first-order chi connectivity index (χ1) is 31.4. The lowest BCUT2D eigenvalue weighted by molar-refractivity contribution is -0.121. The average Bonchev–Trinajstić information content (AvgIpc) is 4.13. The molecule has 5 aliphatic rings. The third-order valence-corrected chi connectivity index (χ3v) is 14.9. The minimum atomic E-state index is -0.310. The SMILES string of the molecule is C#CC1=C(F)CCc2cc(O)cc(-c3ncc4c(N5CCCCCC5)nc(OCC5(CN6CCN(CC7CCN(c8ccc(C)c(N(C)C(=O)C(C)C)c8)CC7)CC6)CC5)nc4c3C)c21. The number of terminal acetylenes is 1. The minimum absolute atomic E-state index is 0.0360. The van der Waals surface area contributed by atoms with Gasteiger partial charge in [0.2, 0.25) is 5.91 Å². The lowest BCUT2D eigenvalue weighted by atomic mass is 9.84. The fraction of sp³-hybridized carbons (Fsp3) is 0.547. The number of halogens is 1. The normalized spacial score (nSPS) is 19.6. The molecule has 2 aliphatic carbocycles. The Morgan fingerprint density at radius 2 is 1.68 bits per heavy atom. The number of phenols is 1. The van der Waals surface area contributed by atoms with E-state index in [0.29, 0.717) is 41.8 Å². The summed E-state index contributed by atoms with van der Waals surface area (Å²) in [4.78, 5) is 39.9. The molecule has 1 saturated carbocycles. The first-order valence-corrected chi connectivity index (χ1v) is 24.2. The van der Waals surface area contributed by atoms with Gasteiger partial charge in [0.1, 0.15) is 17.4 Å². The molecule has 11 nitrogen and oxygen atoms in total. The highest BCUT2D eigenvalue weighted by Gasteiger charge is 2.45. The van der Waals surface area contributed by atoms with Gasteiger partial charge in [-0.05, 0) is 100 Å². The first kappa shape index (κ1) is 44.9. The summed E-state index contributed by atoms with van der Waals surface area (Å²) in [5.74, 6) is 4.03. The second kappa shape index (κ2) is 18.9. The van der Waals surface area contributed by atoms with Crippen molar-refractivity contribution in [3.8, 4) is 35.4 Å². The van der Waals surface area contributed by atoms with Crippen LogP contribution in [0.4, 0.5) is 21.6 Å². The molecule has 2 aromatic carbocycles. The molecule has 12 heteroatoms. The van der Waals surface area contributed by atoms with E-state index >= 15 is 4.39 Å². The molecule has 9 rings (SSSR count). The third-order valence-electron chi connectivity index (χ3n) is 14.9. The Morgan fingerprint density at radius 1 is 0.954 bits per heavy atom. The van der Waals surface area contributed by atoms with Gasteiger partial charge in [-0.15, -0.1) is 6.42 Å². The van der Waals surface area contributed by atoms with Gasteiger partial charge in [-0.2, -0.15) is 9.97 Å². The number of rotatable bonds is 12. The molecule has 4 aromatic rings. The maximum absolute atomic E-state index is 15.2. The van der Waals surface area contributed by atoms with E-state index in [-0.39, 0.29) is 40.8 Å². The number of benzene rings is 2. The van der Waals surface area contributed by atoms with Crippen LogP contribution in [0.25, 0.3) is 27.7 Å². The maximum atomic E-state index is 15.2. The van der Waals surface area contributed by atoms with E-state index in [1.807, 2.05) is 38.9 Å². The second-order valence-electron chi connectivity index (χ2n) is 20.0. The molecule has 5 heterocycles. The van der Waals surface area contributed by atoms with Crippen LogP contribution in [-0.2, 0) is 11.2 Å². The van der Waals surface area contributed by atoms with E-state index < -0.39 is 0 Å². The van der Waals surface area contributed by atoms with Crippen molar-refractivity contribution < 1.29 is 19.0 Å². The Balaban J connectivity index is 0.843. The van der Waals surface area contributed by atoms with Crippen molar-refractivity contribution in [1.82, 2.24) is 24.8 Å². The van der Waals surface area contributed by atoms with Gasteiger partial charge in [-0.25, -0.2) is 4.39 Å². The molecule has 1 amide bonds. The number of piperidine rings is 1. The third kappa shape index (κ3) is 9.55. The largest absolute Gasteiger partial charge is 0.508 e. The summed E-state index contributed by atoms with van der Waals surface area (Å²) < 4.78 is 21.8. The van der Waals surface area contributed by atoms with Crippen LogP contribution in [0, 0.1) is 43.4 Å². The van der Waals surface area contributed by atoms with Gasteiger partial charge in [-0.1, -0.05) is 38.7 Å². The number of hydrogen-bond acceptors (Lipinski definition) is 10. The number of nitrogens with zero attached hydrogens (tertiary/aromatic N) is 8. The maximum Gasteiger partial charge on any atom is 0.318 e. The van der Waals surface area contributed by atoms with Crippen LogP contribution in [0.5, 0.6) is 11.8 Å². The van der Waals surface area contributed by atoms with Crippen LogP contribution >= 0.6 is 0 Å². The number of carbonyl (C=O) groups excluding carboxylic acids is 1. The molecule has 65 heavy (non-hydrogen) atoms. The highest BCUT2D eigenvalue weighted by atomic mass is 19.1. The van der Waals surface area contributed by atoms with Crippen molar-refractivity contribution in [2.24, 2.45) is 17.3 Å². The fourth-order valence-electron chi connectivity index (χ4n) is 10.8. The molecule has 0 spiro atoms. The molecule has 0 radical (unpaired) electrons. The molecule has 0 unspecified atom stereocenters. The van der Waals surface area contributed by atoms with E-state index in [1.165, 1.54) is 31.4 Å². The van der Waals surface area contributed by atoms with E-state index in [1.54, 1.807) is 12.1 Å². The first-order valence-electron chi connectivity index (χ1n) is 24.2. The van der Waals surface area contributed by atoms with Crippen LogP contribution in [-0.4, -0.2) is 115 Å². The lowest BCUT2D eigenvalue weighted by Gasteiger charge is -2.40. The number of phenolic OH excluding ortho intramolecular Hbond substituents is 1. The van der Waals surface area contributed by atoms with Crippen LogP contribution in [0.2, 0.25) is 0 Å². The average molecular weight is 883 g/mol. The molecule has 4 fully saturated rings. The number of ether oxygens (including phenoxy) is 1. The summed E-state index contributed by atoms with van der Waals surface area (Å²) in [6, 6.07) is 10.3. The molecule has 1 N–H and O–H groups in total. The molecule has 2 aromatic heterocycles. The summed E-state index contributed by atoms with van der Waals surface area (Å²) in [5, 5.41) is 11.7. The molecule has 3 aliphatic heterocycles. The van der Waals surface area contributed by atoms with Crippen molar-refractivity contribution in [2.45, 2.75) is 91.9 Å². The zero-order chi connectivity index (χ0) is 45.4. The van der Waals surface area contributed by atoms with Crippen LogP contribution in [0.15, 0.2) is 42.4 Å². The lowest BCUT2D eigenvalue weighted by Crippen LogP contribution is -2.50. The number of aromatic hydroxyl groups is 1. The Kier molecular flexibility index (Phi) is 13.1. The second-order valence-corrected chi connectivity index (χ2v) is 20.0. The number of anilines is 3. The molecule has 0 atom stereocenters. The van der Waals surface area contributed by atoms with Crippen molar-refractivity contribution in [3.63, 3.8) is 0 Å². The van der Waals surface area contributed by atoms with Gasteiger partial charge in [-0.3, -0.25) is 9.78 Å².